The number of aliphatic hydroxyl groups excluding tert-OH is 2. The van der Waals surface area contributed by atoms with Gasteiger partial charge in [-0.15, -0.1) is 0 Å². The predicted octanol–water partition coefficient (Wildman–Crippen LogP) is 4.56. The molecule has 0 aromatic heterocycles. The van der Waals surface area contributed by atoms with Crippen LogP contribution < -0.4 is 15.2 Å². The smallest absolute Gasteiger partial charge is 0.242 e. The molecule has 1 amide bonds. The van der Waals surface area contributed by atoms with Crippen LogP contribution in [-0.4, -0.2) is 72.8 Å². The van der Waals surface area contributed by atoms with E-state index >= 15 is 0 Å². The topological polar surface area (TPSA) is 114 Å². The number of aliphatic hydroxyl groups is 2. The van der Waals surface area contributed by atoms with Crippen molar-refractivity contribution in [3.63, 3.8) is 0 Å². The molecule has 0 heterocycles. The standard InChI is InChI=1S/C30H51ClN2O6/c1-20(2)22(16-21-8-13-27(38-6)28(17-21)39-15-7-14-37-5)18-25(32)26(35)19-33(31)29(36)30(3,4)23-9-11-24(34)12-10-23/h8,13,17,20,22-26,34-35H,7,9-12,14-16,18-19,32H2,1-6H3/t22-,23?,24?,25-,26-/m0/s1. The lowest BCUT2D eigenvalue weighted by Gasteiger charge is -2.39. The van der Waals surface area contributed by atoms with Crippen molar-refractivity contribution in [3.05, 3.63) is 23.8 Å². The van der Waals surface area contributed by atoms with Gasteiger partial charge in [0.25, 0.3) is 0 Å². The summed E-state index contributed by atoms with van der Waals surface area (Å²) >= 11 is 6.42. The van der Waals surface area contributed by atoms with E-state index < -0.39 is 17.6 Å². The highest BCUT2D eigenvalue weighted by Gasteiger charge is 2.41. The largest absolute Gasteiger partial charge is 0.493 e. The number of ether oxygens (including phenoxy) is 3. The maximum Gasteiger partial charge on any atom is 0.242 e. The predicted molar refractivity (Wildman–Crippen MR) is 155 cm³/mol. The Kier molecular flexibility index (Phi) is 13.8. The molecule has 9 heteroatoms. The molecule has 0 unspecified atom stereocenters. The molecule has 1 aromatic rings. The van der Waals surface area contributed by atoms with E-state index in [1.807, 2.05) is 32.0 Å². The third kappa shape index (κ3) is 10.1. The fourth-order valence-electron chi connectivity index (χ4n) is 5.41. The van der Waals surface area contributed by atoms with Gasteiger partial charge in [0.1, 0.15) is 0 Å². The molecule has 1 aliphatic carbocycles. The summed E-state index contributed by atoms with van der Waals surface area (Å²) in [5.41, 5.74) is 6.89. The molecule has 0 spiro atoms. The monoisotopic (exact) mass is 570 g/mol. The Morgan fingerprint density at radius 2 is 1.82 bits per heavy atom. The minimum Gasteiger partial charge on any atom is -0.493 e. The minimum atomic E-state index is -0.952. The first-order valence-electron chi connectivity index (χ1n) is 14.3. The van der Waals surface area contributed by atoms with Crippen molar-refractivity contribution in [2.45, 2.75) is 90.9 Å². The van der Waals surface area contributed by atoms with Crippen LogP contribution in [0.4, 0.5) is 0 Å². The summed E-state index contributed by atoms with van der Waals surface area (Å²) in [6.07, 6.45) is 3.86. The van der Waals surface area contributed by atoms with Crippen LogP contribution in [0.3, 0.4) is 0 Å². The maximum absolute atomic E-state index is 13.2. The Morgan fingerprint density at radius 1 is 1.15 bits per heavy atom. The Morgan fingerprint density at radius 3 is 2.41 bits per heavy atom. The molecule has 1 fully saturated rings. The van der Waals surface area contributed by atoms with E-state index in [0.717, 1.165) is 35.7 Å². The van der Waals surface area contributed by atoms with Crippen LogP contribution in [0.5, 0.6) is 11.5 Å². The SMILES string of the molecule is COCCCOc1cc(C[C@@H](C[C@H](N)[C@@H](O)CN(Cl)C(=O)C(C)(C)C2CCC(O)CC2)C(C)C)ccc1OC. The number of nitrogens with zero attached hydrogens (tertiary/aromatic N) is 1. The van der Waals surface area contributed by atoms with Gasteiger partial charge in [-0.05, 0) is 74.0 Å². The van der Waals surface area contributed by atoms with Gasteiger partial charge in [0.15, 0.2) is 11.5 Å². The van der Waals surface area contributed by atoms with Crippen LogP contribution in [-0.2, 0) is 16.0 Å². The van der Waals surface area contributed by atoms with E-state index in [-0.39, 0.29) is 30.4 Å². The van der Waals surface area contributed by atoms with Crippen molar-refractivity contribution >= 4 is 17.7 Å². The van der Waals surface area contributed by atoms with E-state index in [1.54, 1.807) is 14.2 Å². The van der Waals surface area contributed by atoms with Crippen LogP contribution in [0.1, 0.15) is 71.8 Å². The highest BCUT2D eigenvalue weighted by molar-refractivity contribution is 6.22. The number of carbonyl (C=O) groups is 1. The first-order valence-corrected chi connectivity index (χ1v) is 14.6. The number of hydrogen-bond acceptors (Lipinski definition) is 7. The molecule has 1 saturated carbocycles. The highest BCUT2D eigenvalue weighted by atomic mass is 35.5. The van der Waals surface area contributed by atoms with Crippen molar-refractivity contribution in [1.29, 1.82) is 0 Å². The lowest BCUT2D eigenvalue weighted by Crippen LogP contribution is -2.48. The van der Waals surface area contributed by atoms with Gasteiger partial charge in [-0.1, -0.05) is 33.8 Å². The summed E-state index contributed by atoms with van der Waals surface area (Å²) < 4.78 is 17.6. The number of halogens is 1. The Bertz CT molecular complexity index is 875. The van der Waals surface area contributed by atoms with Crippen molar-refractivity contribution < 1.29 is 29.2 Å². The first-order chi connectivity index (χ1) is 18.4. The first kappa shape index (κ1) is 33.6. The highest BCUT2D eigenvalue weighted by Crippen LogP contribution is 2.40. The lowest BCUT2D eigenvalue weighted by molar-refractivity contribution is -0.140. The average Bonchev–Trinajstić information content (AvgIpc) is 2.90. The van der Waals surface area contributed by atoms with Gasteiger partial charge in [-0.25, -0.2) is 0 Å². The third-order valence-corrected chi connectivity index (χ3v) is 8.62. The molecule has 1 aliphatic rings. The van der Waals surface area contributed by atoms with E-state index in [9.17, 15) is 15.0 Å². The Hall–Kier alpha value is -1.58. The summed E-state index contributed by atoms with van der Waals surface area (Å²) in [6, 6.07) is 5.42. The number of rotatable bonds is 16. The number of nitrogens with two attached hydrogens (primary N) is 1. The number of methoxy groups -OCH3 is 2. The second-order valence-corrected chi connectivity index (χ2v) is 12.3. The fourth-order valence-corrected chi connectivity index (χ4v) is 5.77. The van der Waals surface area contributed by atoms with Gasteiger partial charge in [-0.2, -0.15) is 0 Å². The number of hydrogen-bond donors (Lipinski definition) is 3. The molecule has 0 saturated heterocycles. The minimum absolute atomic E-state index is 0.0346. The zero-order valence-corrected chi connectivity index (χ0v) is 25.5. The normalized spacial score (nSPS) is 20.4. The molecule has 8 nitrogen and oxygen atoms in total. The van der Waals surface area contributed by atoms with E-state index in [2.05, 4.69) is 13.8 Å². The molecule has 0 aliphatic heterocycles. The number of carbonyl (C=O) groups excluding carboxylic acids is 1. The second-order valence-electron chi connectivity index (χ2n) is 11.9. The second kappa shape index (κ2) is 16.0. The van der Waals surface area contributed by atoms with Crippen molar-refractivity contribution in [1.82, 2.24) is 4.42 Å². The maximum atomic E-state index is 13.2. The van der Waals surface area contributed by atoms with E-state index in [4.69, 9.17) is 31.7 Å². The van der Waals surface area contributed by atoms with Crippen LogP contribution in [0.25, 0.3) is 0 Å². The lowest BCUT2D eigenvalue weighted by atomic mass is 9.70. The molecule has 1 aromatic carbocycles. The van der Waals surface area contributed by atoms with Crippen LogP contribution >= 0.6 is 11.8 Å². The summed E-state index contributed by atoms with van der Waals surface area (Å²) in [5.74, 6) is 1.84. The molecule has 3 atom stereocenters. The average molecular weight is 571 g/mol. The van der Waals surface area contributed by atoms with Crippen LogP contribution in [0.2, 0.25) is 0 Å². The van der Waals surface area contributed by atoms with Crippen LogP contribution in [0.15, 0.2) is 18.2 Å². The van der Waals surface area contributed by atoms with Gasteiger partial charge in [0.2, 0.25) is 5.91 Å². The summed E-state index contributed by atoms with van der Waals surface area (Å²) in [4.78, 5) is 13.2. The Balaban J connectivity index is 1.99. The summed E-state index contributed by atoms with van der Waals surface area (Å²) in [6.45, 7) is 9.23. The third-order valence-electron chi connectivity index (χ3n) is 8.32. The van der Waals surface area contributed by atoms with Gasteiger partial charge < -0.3 is 30.2 Å². The molecule has 2 rings (SSSR count). The van der Waals surface area contributed by atoms with Crippen molar-refractivity contribution in [2.75, 3.05) is 34.0 Å². The molecule has 0 radical (unpaired) electrons. The van der Waals surface area contributed by atoms with Gasteiger partial charge in [-0.3, -0.25) is 9.21 Å². The summed E-state index contributed by atoms with van der Waals surface area (Å²) in [5, 5.41) is 20.7. The molecular formula is C30H51ClN2O6. The molecular weight excluding hydrogens is 520 g/mol. The fraction of sp³-hybridized carbons (Fsp3) is 0.767. The molecule has 224 valence electrons. The number of benzene rings is 1. The quantitative estimate of drug-likeness (QED) is 0.197. The zero-order valence-electron chi connectivity index (χ0n) is 24.7. The van der Waals surface area contributed by atoms with Gasteiger partial charge in [0.05, 0.1) is 32.5 Å². The number of amides is 1. The molecule has 39 heavy (non-hydrogen) atoms. The zero-order chi connectivity index (χ0) is 29.2. The van der Waals surface area contributed by atoms with Crippen molar-refractivity contribution in [3.8, 4) is 11.5 Å². The molecule has 4 N–H and O–H groups in total. The molecule has 0 bridgehead atoms. The van der Waals surface area contributed by atoms with E-state index in [0.29, 0.717) is 49.9 Å². The van der Waals surface area contributed by atoms with Gasteiger partial charge >= 0.3 is 0 Å². The van der Waals surface area contributed by atoms with Crippen molar-refractivity contribution in [2.24, 2.45) is 28.9 Å². The summed E-state index contributed by atoms with van der Waals surface area (Å²) in [7, 11) is 3.29. The Labute approximate surface area is 240 Å². The van der Waals surface area contributed by atoms with Gasteiger partial charge in [0, 0.05) is 43.4 Å². The van der Waals surface area contributed by atoms with Crippen LogP contribution in [0, 0.1) is 23.2 Å². The van der Waals surface area contributed by atoms with E-state index in [1.165, 1.54) is 0 Å².